The number of ether oxygens (including phenoxy) is 1. The van der Waals surface area contributed by atoms with Gasteiger partial charge in [0.25, 0.3) is 0 Å². The zero-order chi connectivity index (χ0) is 16.8. The summed E-state index contributed by atoms with van der Waals surface area (Å²) in [7, 11) is 0. The van der Waals surface area contributed by atoms with Crippen LogP contribution in [-0.2, 0) is 11.3 Å². The van der Waals surface area contributed by atoms with Gasteiger partial charge >= 0.3 is 0 Å². The molecule has 2 aliphatic rings. The molecule has 2 fully saturated rings. The van der Waals surface area contributed by atoms with Gasteiger partial charge in [-0.15, -0.1) is 0 Å². The molecule has 1 aliphatic heterocycles. The van der Waals surface area contributed by atoms with Gasteiger partial charge in [0.15, 0.2) is 0 Å². The molecule has 1 heterocycles. The number of likely N-dealkylation sites (tertiary alicyclic amines) is 1. The molecule has 0 radical (unpaired) electrons. The summed E-state index contributed by atoms with van der Waals surface area (Å²) in [5.74, 6) is 1.73. The average molecular weight is 330 g/mol. The molecule has 4 heteroatoms. The van der Waals surface area contributed by atoms with Crippen molar-refractivity contribution in [2.45, 2.75) is 58.1 Å². The van der Waals surface area contributed by atoms with Crippen LogP contribution in [0.15, 0.2) is 24.3 Å². The zero-order valence-electron chi connectivity index (χ0n) is 14.8. The maximum absolute atomic E-state index is 11.0. The number of nitrogens with one attached hydrogen (secondary N) is 1. The first-order valence-electron chi connectivity index (χ1n) is 9.41. The molecule has 1 N–H and O–H groups in total. The second-order valence-electron chi connectivity index (χ2n) is 7.32. The van der Waals surface area contributed by atoms with E-state index in [0.717, 1.165) is 31.9 Å². The van der Waals surface area contributed by atoms with Gasteiger partial charge in [-0.2, -0.15) is 0 Å². The van der Waals surface area contributed by atoms with E-state index in [2.05, 4.69) is 34.5 Å². The number of carbonyl (C=O) groups excluding carboxylic acids is 1. The molecule has 3 rings (SSSR count). The number of nitrogens with zero attached hydrogens (tertiary/aromatic N) is 1. The Morgan fingerprint density at radius 1 is 1.12 bits per heavy atom. The highest BCUT2D eigenvalue weighted by Crippen LogP contribution is 2.25. The van der Waals surface area contributed by atoms with Gasteiger partial charge in [-0.05, 0) is 75.2 Å². The largest absolute Gasteiger partial charge is 0.490 e. The number of hydrogen-bond donors (Lipinski definition) is 1. The summed E-state index contributed by atoms with van der Waals surface area (Å²) >= 11 is 0. The first-order chi connectivity index (χ1) is 11.7. The summed E-state index contributed by atoms with van der Waals surface area (Å²) in [6, 6.07) is 8.65. The molecule has 1 aliphatic carbocycles. The van der Waals surface area contributed by atoms with Crippen LogP contribution in [0.4, 0.5) is 0 Å². The number of amides is 1. The highest BCUT2D eigenvalue weighted by molar-refractivity contribution is 5.72. The molecule has 1 aromatic rings. The minimum atomic E-state index is 0.0809. The molecule has 0 atom stereocenters. The number of rotatable bonds is 6. The van der Waals surface area contributed by atoms with Crippen molar-refractivity contribution >= 4 is 5.91 Å². The molecule has 1 amide bonds. The highest BCUT2D eigenvalue weighted by Gasteiger charge is 2.19. The van der Waals surface area contributed by atoms with Gasteiger partial charge in [0.05, 0.1) is 6.10 Å². The van der Waals surface area contributed by atoms with Crippen LogP contribution in [0.2, 0.25) is 0 Å². The molecule has 0 aromatic heterocycles. The number of hydrogen-bond acceptors (Lipinski definition) is 3. The van der Waals surface area contributed by atoms with E-state index >= 15 is 0 Å². The van der Waals surface area contributed by atoms with Crippen molar-refractivity contribution < 1.29 is 9.53 Å². The molecule has 0 spiro atoms. The van der Waals surface area contributed by atoms with Gasteiger partial charge in [0.2, 0.25) is 5.91 Å². The van der Waals surface area contributed by atoms with E-state index < -0.39 is 0 Å². The lowest BCUT2D eigenvalue weighted by Gasteiger charge is -2.32. The van der Waals surface area contributed by atoms with Crippen molar-refractivity contribution in [3.05, 3.63) is 29.8 Å². The molecule has 1 aromatic carbocycles. The van der Waals surface area contributed by atoms with E-state index in [0.29, 0.717) is 12.0 Å². The van der Waals surface area contributed by atoms with Crippen LogP contribution < -0.4 is 10.1 Å². The summed E-state index contributed by atoms with van der Waals surface area (Å²) in [4.78, 5) is 13.5. The van der Waals surface area contributed by atoms with Crippen LogP contribution in [0.25, 0.3) is 0 Å². The molecule has 1 saturated heterocycles. The predicted molar refractivity (Wildman–Crippen MR) is 96.0 cm³/mol. The normalized spacial score (nSPS) is 20.2. The molecule has 1 saturated carbocycles. The molecule has 132 valence electrons. The minimum absolute atomic E-state index is 0.0809. The second kappa shape index (κ2) is 8.52. The van der Waals surface area contributed by atoms with Gasteiger partial charge < -0.3 is 10.1 Å². The van der Waals surface area contributed by atoms with Crippen LogP contribution in [-0.4, -0.2) is 36.5 Å². The lowest BCUT2D eigenvalue weighted by molar-refractivity contribution is -0.119. The number of benzene rings is 1. The quantitative estimate of drug-likeness (QED) is 0.869. The van der Waals surface area contributed by atoms with Crippen molar-refractivity contribution in [3.63, 3.8) is 0 Å². The van der Waals surface area contributed by atoms with E-state index in [1.54, 1.807) is 6.92 Å². The van der Waals surface area contributed by atoms with Crippen molar-refractivity contribution in [1.29, 1.82) is 0 Å². The van der Waals surface area contributed by atoms with E-state index in [1.165, 1.54) is 44.1 Å². The monoisotopic (exact) mass is 330 g/mol. The molecule has 4 nitrogen and oxygen atoms in total. The topological polar surface area (TPSA) is 41.6 Å². The van der Waals surface area contributed by atoms with Crippen LogP contribution in [0.5, 0.6) is 5.75 Å². The first-order valence-corrected chi connectivity index (χ1v) is 9.41. The van der Waals surface area contributed by atoms with Crippen LogP contribution in [0.1, 0.15) is 51.0 Å². The summed E-state index contributed by atoms with van der Waals surface area (Å²) < 4.78 is 6.03. The maximum atomic E-state index is 11.0. The predicted octanol–water partition coefficient (Wildman–Crippen LogP) is 3.36. The summed E-state index contributed by atoms with van der Waals surface area (Å²) in [6.07, 6.45) is 7.79. The minimum Gasteiger partial charge on any atom is -0.490 e. The Bertz CT molecular complexity index is 515. The SMILES string of the molecule is CC(=O)NCC1CCN(Cc2ccc(OC3CCCC3)cc2)CC1. The van der Waals surface area contributed by atoms with Crippen LogP contribution in [0.3, 0.4) is 0 Å². The van der Waals surface area contributed by atoms with E-state index in [9.17, 15) is 4.79 Å². The van der Waals surface area contributed by atoms with E-state index in [1.807, 2.05) is 0 Å². The third-order valence-corrected chi connectivity index (χ3v) is 5.28. The molecule has 0 bridgehead atoms. The summed E-state index contributed by atoms with van der Waals surface area (Å²) in [5.41, 5.74) is 1.36. The van der Waals surface area contributed by atoms with Crippen LogP contribution >= 0.6 is 0 Å². The van der Waals surface area contributed by atoms with Gasteiger partial charge in [-0.1, -0.05) is 12.1 Å². The molecule has 0 unspecified atom stereocenters. The second-order valence-corrected chi connectivity index (χ2v) is 7.32. The van der Waals surface area contributed by atoms with Gasteiger partial charge in [0, 0.05) is 20.0 Å². The van der Waals surface area contributed by atoms with E-state index in [4.69, 9.17) is 4.74 Å². The average Bonchev–Trinajstić information content (AvgIpc) is 3.09. The Morgan fingerprint density at radius 2 is 1.79 bits per heavy atom. The van der Waals surface area contributed by atoms with Gasteiger partial charge in [-0.3, -0.25) is 9.69 Å². The van der Waals surface area contributed by atoms with Crippen molar-refractivity contribution in [2.24, 2.45) is 5.92 Å². The van der Waals surface area contributed by atoms with Crippen molar-refractivity contribution in [3.8, 4) is 5.75 Å². The highest BCUT2D eigenvalue weighted by atomic mass is 16.5. The molecular formula is C20H30N2O2. The number of carbonyl (C=O) groups is 1. The fraction of sp³-hybridized carbons (Fsp3) is 0.650. The van der Waals surface area contributed by atoms with Gasteiger partial charge in [0.1, 0.15) is 5.75 Å². The van der Waals surface area contributed by atoms with Crippen LogP contribution in [0, 0.1) is 5.92 Å². The Hall–Kier alpha value is -1.55. The Balaban J connectivity index is 1.41. The summed E-state index contributed by atoms with van der Waals surface area (Å²) in [5, 5.41) is 2.94. The van der Waals surface area contributed by atoms with Gasteiger partial charge in [-0.25, -0.2) is 0 Å². The Labute approximate surface area is 145 Å². The Kier molecular flexibility index (Phi) is 6.13. The fourth-order valence-electron chi connectivity index (χ4n) is 3.77. The maximum Gasteiger partial charge on any atom is 0.216 e. The van der Waals surface area contributed by atoms with E-state index in [-0.39, 0.29) is 5.91 Å². The molecule has 24 heavy (non-hydrogen) atoms. The summed E-state index contributed by atoms with van der Waals surface area (Å²) in [6.45, 7) is 5.66. The van der Waals surface area contributed by atoms with Crippen molar-refractivity contribution in [1.82, 2.24) is 10.2 Å². The third kappa shape index (κ3) is 5.23. The van der Waals surface area contributed by atoms with Crippen molar-refractivity contribution in [2.75, 3.05) is 19.6 Å². The molecular weight excluding hydrogens is 300 g/mol. The Morgan fingerprint density at radius 3 is 2.42 bits per heavy atom. The lowest BCUT2D eigenvalue weighted by Crippen LogP contribution is -2.37. The lowest BCUT2D eigenvalue weighted by atomic mass is 9.96. The zero-order valence-corrected chi connectivity index (χ0v) is 14.8. The fourth-order valence-corrected chi connectivity index (χ4v) is 3.77. The first kappa shape index (κ1) is 17.3. The standard InChI is InChI=1S/C20H30N2O2/c1-16(23)21-14-17-10-12-22(13-11-17)15-18-6-8-20(9-7-18)24-19-4-2-3-5-19/h6-9,17,19H,2-5,10-15H2,1H3,(H,21,23). The number of piperidine rings is 1. The third-order valence-electron chi connectivity index (χ3n) is 5.28. The smallest absolute Gasteiger partial charge is 0.216 e.